The Morgan fingerprint density at radius 1 is 1.21 bits per heavy atom. The molecule has 170 valence electrons. The molecule has 7 nitrogen and oxygen atoms in total. The zero-order valence-corrected chi connectivity index (χ0v) is 18.2. The lowest BCUT2D eigenvalue weighted by Crippen LogP contribution is -2.14. The number of amides is 1. The van der Waals surface area contributed by atoms with Crippen LogP contribution in [0.1, 0.15) is 33.8 Å². The summed E-state index contributed by atoms with van der Waals surface area (Å²) in [7, 11) is 0. The molecule has 1 aromatic carbocycles. The first-order valence-corrected chi connectivity index (χ1v) is 10.7. The number of nitrogens with two attached hydrogens (primary N) is 1. The van der Waals surface area contributed by atoms with Crippen LogP contribution in [-0.2, 0) is 11.2 Å². The third-order valence-corrected chi connectivity index (χ3v) is 6.04. The van der Waals surface area contributed by atoms with Crippen LogP contribution in [0, 0.1) is 0 Å². The highest BCUT2D eigenvalue weighted by Gasteiger charge is 2.21. The summed E-state index contributed by atoms with van der Waals surface area (Å²) in [6.07, 6.45) is 3.36. The Bertz CT molecular complexity index is 1320. The highest BCUT2D eigenvalue weighted by molar-refractivity contribution is 7.15. The van der Waals surface area contributed by atoms with Gasteiger partial charge in [0.25, 0.3) is 0 Å². The molecule has 0 spiro atoms. The Kier molecular flexibility index (Phi) is 6.36. The monoisotopic (exact) mass is 471 g/mol. The van der Waals surface area contributed by atoms with E-state index in [4.69, 9.17) is 10.5 Å². The van der Waals surface area contributed by atoms with Crippen LogP contribution in [0.3, 0.4) is 0 Å². The third kappa shape index (κ3) is 4.85. The lowest BCUT2D eigenvalue weighted by molar-refractivity contribution is -0.117. The number of imidazole rings is 1. The highest BCUT2D eigenvalue weighted by Crippen LogP contribution is 2.40. The van der Waals surface area contributed by atoms with Crippen molar-refractivity contribution < 1.29 is 27.8 Å². The topological polar surface area (TPSA) is 95.9 Å². The van der Waals surface area contributed by atoms with Gasteiger partial charge in [-0.3, -0.25) is 14.0 Å². The molecule has 0 aliphatic carbocycles. The van der Waals surface area contributed by atoms with Crippen molar-refractivity contribution in [2.45, 2.75) is 26.1 Å². The minimum absolute atomic E-state index is 0.0477. The summed E-state index contributed by atoms with van der Waals surface area (Å²) in [6.45, 7) is -1.40. The van der Waals surface area contributed by atoms with Gasteiger partial charge < -0.3 is 15.2 Å². The lowest BCUT2D eigenvalue weighted by Gasteiger charge is -2.19. The molecular weight excluding hydrogens is 452 g/mol. The second kappa shape index (κ2) is 9.37. The number of carbonyl (C=O) groups excluding carboxylic acids is 2. The molecule has 3 heterocycles. The number of rotatable bonds is 9. The van der Waals surface area contributed by atoms with Gasteiger partial charge in [0.15, 0.2) is 0 Å². The van der Waals surface area contributed by atoms with E-state index in [0.29, 0.717) is 22.5 Å². The van der Waals surface area contributed by atoms with Crippen molar-refractivity contribution in [1.29, 1.82) is 0 Å². The summed E-state index contributed by atoms with van der Waals surface area (Å²) < 4.78 is 38.4. The number of alkyl halides is 2. The molecule has 2 N–H and O–H groups in total. The van der Waals surface area contributed by atoms with E-state index in [2.05, 4.69) is 9.72 Å². The number of pyridine rings is 1. The van der Waals surface area contributed by atoms with Gasteiger partial charge in [0.2, 0.25) is 5.91 Å². The Labute approximate surface area is 191 Å². The largest absolute Gasteiger partial charge is 0.485 e. The minimum atomic E-state index is -3.06. The number of carbonyl (C=O) groups is 2. The number of thiophene rings is 1. The van der Waals surface area contributed by atoms with Crippen LogP contribution in [0.2, 0.25) is 0 Å². The predicted octanol–water partition coefficient (Wildman–Crippen LogP) is 4.64. The number of ether oxygens (including phenoxy) is 2. The number of nitrogens with zero attached hydrogens (tertiary/aromatic N) is 2. The van der Waals surface area contributed by atoms with Gasteiger partial charge in [-0.05, 0) is 25.1 Å². The number of aldehydes is 1. The first-order valence-electron chi connectivity index (χ1n) is 9.89. The van der Waals surface area contributed by atoms with Gasteiger partial charge in [-0.2, -0.15) is 8.78 Å². The molecule has 4 aromatic rings. The summed E-state index contributed by atoms with van der Waals surface area (Å²) in [4.78, 5) is 28.5. The van der Waals surface area contributed by atoms with E-state index >= 15 is 0 Å². The van der Waals surface area contributed by atoms with E-state index in [1.54, 1.807) is 19.2 Å². The molecule has 0 fully saturated rings. The number of halogens is 2. The van der Waals surface area contributed by atoms with E-state index < -0.39 is 18.6 Å². The van der Waals surface area contributed by atoms with Crippen molar-refractivity contribution in [1.82, 2.24) is 9.38 Å². The Morgan fingerprint density at radius 3 is 2.76 bits per heavy atom. The maximum atomic E-state index is 12.9. The zero-order chi connectivity index (χ0) is 23.5. The summed E-state index contributed by atoms with van der Waals surface area (Å²) in [6, 6.07) is 11.6. The Balaban J connectivity index is 1.70. The minimum Gasteiger partial charge on any atom is -0.485 e. The third-order valence-electron chi connectivity index (χ3n) is 4.91. The van der Waals surface area contributed by atoms with E-state index in [9.17, 15) is 18.4 Å². The van der Waals surface area contributed by atoms with Crippen LogP contribution in [-0.4, -0.2) is 28.2 Å². The second-order valence-corrected chi connectivity index (χ2v) is 8.30. The average Bonchev–Trinajstić information content (AvgIpc) is 3.36. The summed E-state index contributed by atoms with van der Waals surface area (Å²) in [5.41, 5.74) is 7.51. The lowest BCUT2D eigenvalue weighted by atomic mass is 10.1. The second-order valence-electron chi connectivity index (χ2n) is 7.17. The van der Waals surface area contributed by atoms with Crippen molar-refractivity contribution in [2.24, 2.45) is 5.73 Å². The Morgan fingerprint density at radius 2 is 2.03 bits per heavy atom. The van der Waals surface area contributed by atoms with Crippen molar-refractivity contribution in [3.05, 3.63) is 70.9 Å². The predicted molar refractivity (Wildman–Crippen MR) is 119 cm³/mol. The van der Waals surface area contributed by atoms with Crippen molar-refractivity contribution in [2.75, 3.05) is 0 Å². The van der Waals surface area contributed by atoms with E-state index in [0.717, 1.165) is 16.2 Å². The van der Waals surface area contributed by atoms with Crippen LogP contribution < -0.4 is 15.2 Å². The normalized spacial score (nSPS) is 12.1. The van der Waals surface area contributed by atoms with Gasteiger partial charge in [0.1, 0.15) is 29.5 Å². The molecule has 0 saturated carbocycles. The van der Waals surface area contributed by atoms with E-state index in [-0.39, 0.29) is 17.7 Å². The first-order chi connectivity index (χ1) is 15.9. The van der Waals surface area contributed by atoms with Crippen LogP contribution in [0.25, 0.3) is 16.2 Å². The zero-order valence-electron chi connectivity index (χ0n) is 17.4. The molecule has 0 aliphatic rings. The smallest absolute Gasteiger partial charge is 0.387 e. The first kappa shape index (κ1) is 22.4. The summed E-state index contributed by atoms with van der Waals surface area (Å²) in [5.74, 6) is -0.290. The number of hydrogen-bond donors (Lipinski definition) is 1. The van der Waals surface area contributed by atoms with E-state index in [1.807, 2.05) is 28.8 Å². The molecule has 0 bridgehead atoms. The standard InChI is InChI=1S/C23H19F2N3O4S/c1-13(15-6-5-14(12-29)8-17(15)32-23(24)25)31-18-9-19(33-20(18)10-21(26)30)16-11-27-22-4-2-3-7-28(16)22/h2-9,11-13,23H,10H2,1H3,(H2,26,30)/t13-/m1/s1. The number of primary amides is 1. The fourth-order valence-electron chi connectivity index (χ4n) is 3.45. The fraction of sp³-hybridized carbons (Fsp3) is 0.174. The van der Waals surface area contributed by atoms with Crippen LogP contribution in [0.4, 0.5) is 8.78 Å². The average molecular weight is 471 g/mol. The number of hydrogen-bond acceptors (Lipinski definition) is 6. The summed E-state index contributed by atoms with van der Waals surface area (Å²) in [5, 5.41) is 0. The van der Waals surface area contributed by atoms with Gasteiger partial charge in [-0.1, -0.05) is 18.2 Å². The van der Waals surface area contributed by atoms with Crippen LogP contribution >= 0.6 is 11.3 Å². The van der Waals surface area contributed by atoms with Gasteiger partial charge in [0.05, 0.1) is 28.1 Å². The van der Waals surface area contributed by atoms with Crippen molar-refractivity contribution in [3.8, 4) is 22.1 Å². The molecule has 0 saturated heterocycles. The van der Waals surface area contributed by atoms with Crippen molar-refractivity contribution in [3.63, 3.8) is 0 Å². The maximum Gasteiger partial charge on any atom is 0.387 e. The van der Waals surface area contributed by atoms with Crippen LogP contribution in [0.5, 0.6) is 11.5 Å². The summed E-state index contributed by atoms with van der Waals surface area (Å²) >= 11 is 1.33. The molecule has 0 radical (unpaired) electrons. The molecular formula is C23H19F2N3O4S. The molecule has 0 aliphatic heterocycles. The SMILES string of the molecule is C[C@@H](Oc1cc(-c2cnc3ccccn23)sc1CC(N)=O)c1ccc(C=O)cc1OC(F)F. The number of aromatic nitrogens is 2. The number of benzene rings is 1. The van der Waals surface area contributed by atoms with Gasteiger partial charge in [-0.25, -0.2) is 4.98 Å². The molecule has 10 heteroatoms. The fourth-order valence-corrected chi connectivity index (χ4v) is 4.56. The highest BCUT2D eigenvalue weighted by atomic mass is 32.1. The molecule has 3 aromatic heterocycles. The maximum absolute atomic E-state index is 12.9. The number of fused-ring (bicyclic) bond motifs is 1. The molecule has 1 amide bonds. The van der Waals surface area contributed by atoms with Gasteiger partial charge in [-0.15, -0.1) is 11.3 Å². The quantitative estimate of drug-likeness (QED) is 0.359. The van der Waals surface area contributed by atoms with E-state index in [1.165, 1.54) is 29.5 Å². The Hall–Kier alpha value is -3.79. The van der Waals surface area contributed by atoms with Crippen LogP contribution in [0.15, 0.2) is 54.9 Å². The molecule has 0 unspecified atom stereocenters. The van der Waals surface area contributed by atoms with Gasteiger partial charge >= 0.3 is 6.61 Å². The molecule has 33 heavy (non-hydrogen) atoms. The molecule has 4 rings (SSSR count). The molecule has 1 atom stereocenters. The van der Waals surface area contributed by atoms with Gasteiger partial charge in [0, 0.05) is 23.4 Å². The van der Waals surface area contributed by atoms with Crippen molar-refractivity contribution >= 4 is 29.2 Å².